The van der Waals surface area contributed by atoms with Gasteiger partial charge in [-0.3, -0.25) is 9.25 Å². The Morgan fingerprint density at radius 1 is 1.39 bits per heavy atom. The number of hydrogen-bond acceptors (Lipinski definition) is 3. The lowest BCUT2D eigenvalue weighted by Crippen LogP contribution is -2.08. The number of hydrogen-bond donors (Lipinski definition) is 1. The molecule has 1 N–H and O–H groups in total. The van der Waals surface area contributed by atoms with E-state index in [1.165, 1.54) is 0 Å². The molecule has 0 aliphatic heterocycles. The number of aromatic amines is 1. The largest absolute Gasteiger partial charge is 0.329 e. The van der Waals surface area contributed by atoms with Gasteiger partial charge in [-0.05, 0) is 24.4 Å². The smallest absolute Gasteiger partial charge is 0.179 e. The number of H-pyrrole nitrogens is 1. The summed E-state index contributed by atoms with van der Waals surface area (Å²) in [5, 5.41) is 4.75. The molecule has 0 radical (unpaired) electrons. The Hall–Kier alpha value is -1.66. The van der Waals surface area contributed by atoms with Crippen LogP contribution in [0.1, 0.15) is 0 Å². The first-order valence-corrected chi connectivity index (χ1v) is 6.24. The zero-order valence-corrected chi connectivity index (χ0v) is 10.9. The first-order valence-electron chi connectivity index (χ1n) is 5.45. The van der Waals surface area contributed by atoms with Crippen LogP contribution in [0.15, 0.2) is 30.7 Å². The van der Waals surface area contributed by atoms with E-state index in [2.05, 4.69) is 15.1 Å². The Labute approximate surface area is 113 Å². The number of aryl methyl sites for hydroxylation is 2. The number of rotatable bonds is 3. The first-order chi connectivity index (χ1) is 8.74. The van der Waals surface area contributed by atoms with Gasteiger partial charge in [0.25, 0.3) is 0 Å². The standard InChI is InChI=1S/C11H10ClN5S/c12-8-6-9-10(13-7-8)17(11(18)15-9)5-4-16-3-1-2-14-16/h1-3,6-7H,4-5H2,(H,15,18). The van der Waals surface area contributed by atoms with E-state index < -0.39 is 0 Å². The molecule has 0 aliphatic rings. The van der Waals surface area contributed by atoms with Crippen molar-refractivity contribution in [3.63, 3.8) is 0 Å². The van der Waals surface area contributed by atoms with Crippen molar-refractivity contribution in [2.24, 2.45) is 0 Å². The normalized spacial score (nSPS) is 11.2. The summed E-state index contributed by atoms with van der Waals surface area (Å²) in [5.74, 6) is 0. The minimum absolute atomic E-state index is 0.595. The molecular weight excluding hydrogens is 270 g/mol. The van der Waals surface area contributed by atoms with Gasteiger partial charge in [-0.1, -0.05) is 11.6 Å². The molecule has 0 fully saturated rings. The van der Waals surface area contributed by atoms with Crippen molar-refractivity contribution in [3.8, 4) is 0 Å². The van der Waals surface area contributed by atoms with E-state index in [0.717, 1.165) is 24.3 Å². The number of fused-ring (bicyclic) bond motifs is 1. The van der Waals surface area contributed by atoms with Gasteiger partial charge in [0.2, 0.25) is 0 Å². The number of nitrogens with zero attached hydrogens (tertiary/aromatic N) is 4. The average molecular weight is 280 g/mol. The van der Waals surface area contributed by atoms with Gasteiger partial charge >= 0.3 is 0 Å². The second kappa shape index (κ2) is 4.55. The molecule has 3 rings (SSSR count). The van der Waals surface area contributed by atoms with Crippen LogP contribution < -0.4 is 0 Å². The maximum Gasteiger partial charge on any atom is 0.179 e. The van der Waals surface area contributed by atoms with Crippen LogP contribution in [0.5, 0.6) is 0 Å². The fraction of sp³-hybridized carbons (Fsp3) is 0.182. The van der Waals surface area contributed by atoms with E-state index in [-0.39, 0.29) is 0 Å². The van der Waals surface area contributed by atoms with E-state index >= 15 is 0 Å². The number of imidazole rings is 1. The molecule has 5 nitrogen and oxygen atoms in total. The van der Waals surface area contributed by atoms with Crippen LogP contribution in [-0.4, -0.2) is 24.3 Å². The topological polar surface area (TPSA) is 51.4 Å². The van der Waals surface area contributed by atoms with E-state index in [9.17, 15) is 0 Å². The molecule has 0 aromatic carbocycles. The molecule has 0 spiro atoms. The van der Waals surface area contributed by atoms with Crippen molar-refractivity contribution in [2.75, 3.05) is 0 Å². The van der Waals surface area contributed by atoms with Crippen LogP contribution in [-0.2, 0) is 13.1 Å². The Bertz CT molecular complexity index is 728. The van der Waals surface area contributed by atoms with Gasteiger partial charge in [-0.15, -0.1) is 0 Å². The van der Waals surface area contributed by atoms with Gasteiger partial charge in [0.15, 0.2) is 10.4 Å². The second-order valence-electron chi connectivity index (χ2n) is 3.88. The summed E-state index contributed by atoms with van der Waals surface area (Å²) in [6, 6.07) is 3.72. The quantitative estimate of drug-likeness (QED) is 0.750. The highest BCUT2D eigenvalue weighted by Gasteiger charge is 2.06. The minimum Gasteiger partial charge on any atom is -0.329 e. The number of nitrogens with one attached hydrogen (secondary N) is 1. The monoisotopic (exact) mass is 279 g/mol. The van der Waals surface area contributed by atoms with Crippen LogP contribution in [0.4, 0.5) is 0 Å². The molecule has 7 heteroatoms. The third-order valence-corrected chi connectivity index (χ3v) is 3.22. The summed E-state index contributed by atoms with van der Waals surface area (Å²) >= 11 is 11.2. The average Bonchev–Trinajstić information content (AvgIpc) is 2.93. The molecule has 3 aromatic rings. The van der Waals surface area contributed by atoms with Crippen LogP contribution in [0, 0.1) is 4.77 Å². The molecule has 0 aliphatic carbocycles. The molecule has 92 valence electrons. The van der Waals surface area contributed by atoms with Crippen LogP contribution in [0.25, 0.3) is 11.2 Å². The van der Waals surface area contributed by atoms with Crippen molar-refractivity contribution in [1.82, 2.24) is 24.3 Å². The molecule has 18 heavy (non-hydrogen) atoms. The molecule has 0 saturated carbocycles. The third kappa shape index (κ3) is 2.04. The van der Waals surface area contributed by atoms with Gasteiger partial charge in [0.05, 0.1) is 17.1 Å². The predicted molar refractivity (Wildman–Crippen MR) is 72.2 cm³/mol. The highest BCUT2D eigenvalue weighted by Crippen LogP contribution is 2.16. The van der Waals surface area contributed by atoms with Crippen molar-refractivity contribution in [1.29, 1.82) is 0 Å². The second-order valence-corrected chi connectivity index (χ2v) is 4.70. The zero-order chi connectivity index (χ0) is 12.5. The molecule has 3 heterocycles. The Balaban J connectivity index is 1.96. The Kier molecular flexibility index (Phi) is 2.89. The van der Waals surface area contributed by atoms with Crippen molar-refractivity contribution >= 4 is 35.0 Å². The van der Waals surface area contributed by atoms with Gasteiger partial charge < -0.3 is 4.98 Å². The summed E-state index contributed by atoms with van der Waals surface area (Å²) < 4.78 is 4.45. The van der Waals surface area contributed by atoms with E-state index in [1.54, 1.807) is 12.4 Å². The number of halogens is 1. The minimum atomic E-state index is 0.595. The lowest BCUT2D eigenvalue weighted by molar-refractivity contribution is 0.536. The number of pyridine rings is 1. The third-order valence-electron chi connectivity index (χ3n) is 2.69. The predicted octanol–water partition coefficient (Wildman–Crippen LogP) is 2.64. The molecule has 3 aromatic heterocycles. The van der Waals surface area contributed by atoms with Crippen LogP contribution in [0.3, 0.4) is 0 Å². The van der Waals surface area contributed by atoms with Crippen LogP contribution in [0.2, 0.25) is 5.02 Å². The van der Waals surface area contributed by atoms with Crippen molar-refractivity contribution < 1.29 is 0 Å². The molecule has 0 saturated heterocycles. The fourth-order valence-corrected chi connectivity index (χ4v) is 2.31. The van der Waals surface area contributed by atoms with E-state index in [4.69, 9.17) is 23.8 Å². The van der Waals surface area contributed by atoms with E-state index in [1.807, 2.05) is 27.6 Å². The number of aromatic nitrogens is 5. The summed E-state index contributed by atoms with van der Waals surface area (Å²) in [4.78, 5) is 7.40. The van der Waals surface area contributed by atoms with Gasteiger partial charge in [-0.2, -0.15) is 5.10 Å². The molecule has 0 atom stereocenters. The highest BCUT2D eigenvalue weighted by molar-refractivity contribution is 7.71. The summed E-state index contributed by atoms with van der Waals surface area (Å²) in [6.07, 6.45) is 5.30. The lowest BCUT2D eigenvalue weighted by Gasteiger charge is -2.04. The molecule has 0 bridgehead atoms. The molecule has 0 amide bonds. The lowest BCUT2D eigenvalue weighted by atomic mass is 10.4. The zero-order valence-electron chi connectivity index (χ0n) is 9.38. The highest BCUT2D eigenvalue weighted by atomic mass is 35.5. The fourth-order valence-electron chi connectivity index (χ4n) is 1.86. The molecular formula is C11H10ClN5S. The SMILES string of the molecule is S=c1[nH]c2cc(Cl)cnc2n1CCn1cccn1. The van der Waals surface area contributed by atoms with Gasteiger partial charge in [-0.25, -0.2) is 4.98 Å². The first kappa shape index (κ1) is 11.4. The van der Waals surface area contributed by atoms with Crippen LogP contribution >= 0.6 is 23.8 Å². The summed E-state index contributed by atoms with van der Waals surface area (Å²) in [6.45, 7) is 1.47. The van der Waals surface area contributed by atoms with Crippen molar-refractivity contribution in [2.45, 2.75) is 13.1 Å². The van der Waals surface area contributed by atoms with E-state index in [0.29, 0.717) is 9.79 Å². The molecule has 0 unspecified atom stereocenters. The Morgan fingerprint density at radius 2 is 2.28 bits per heavy atom. The maximum atomic E-state index is 5.90. The maximum absolute atomic E-state index is 5.90. The van der Waals surface area contributed by atoms with Crippen molar-refractivity contribution in [3.05, 3.63) is 40.5 Å². The Morgan fingerprint density at radius 3 is 3.06 bits per heavy atom. The van der Waals surface area contributed by atoms with Gasteiger partial charge in [0, 0.05) is 25.1 Å². The summed E-state index contributed by atoms with van der Waals surface area (Å²) in [5.41, 5.74) is 1.67. The summed E-state index contributed by atoms with van der Waals surface area (Å²) in [7, 11) is 0. The van der Waals surface area contributed by atoms with Gasteiger partial charge in [0.1, 0.15) is 0 Å².